The number of hydrogen-bond acceptors (Lipinski definition) is 2. The Labute approximate surface area is 100 Å². The fourth-order valence-corrected chi connectivity index (χ4v) is 1.93. The molecule has 0 aliphatic carbocycles. The van der Waals surface area contributed by atoms with E-state index in [0.29, 0.717) is 0 Å². The van der Waals surface area contributed by atoms with Crippen molar-refractivity contribution in [3.05, 3.63) is 15.9 Å². The molecule has 1 unspecified atom stereocenters. The van der Waals surface area contributed by atoms with Crippen LogP contribution in [0.15, 0.2) is 4.47 Å². The van der Waals surface area contributed by atoms with Gasteiger partial charge in [0.25, 0.3) is 0 Å². The SMILES string of the molecule is CCC(C)CNCc1c(Br)c(C)nn1C. The summed E-state index contributed by atoms with van der Waals surface area (Å²) in [5, 5.41) is 7.81. The van der Waals surface area contributed by atoms with E-state index in [1.165, 1.54) is 12.1 Å². The molecule has 15 heavy (non-hydrogen) atoms. The predicted octanol–water partition coefficient (Wildman–Crippen LogP) is 2.63. The molecular weight excluding hydrogens is 254 g/mol. The third-order valence-corrected chi connectivity index (χ3v) is 3.78. The molecule has 3 nitrogen and oxygen atoms in total. The third-order valence-electron chi connectivity index (χ3n) is 2.74. The van der Waals surface area contributed by atoms with Gasteiger partial charge in [0.05, 0.1) is 15.9 Å². The maximum Gasteiger partial charge on any atom is 0.0739 e. The quantitative estimate of drug-likeness (QED) is 0.894. The topological polar surface area (TPSA) is 29.9 Å². The Morgan fingerprint density at radius 2 is 2.20 bits per heavy atom. The van der Waals surface area contributed by atoms with Crippen molar-refractivity contribution in [3.63, 3.8) is 0 Å². The van der Waals surface area contributed by atoms with Crippen LogP contribution in [0, 0.1) is 12.8 Å². The number of hydrogen-bond donors (Lipinski definition) is 1. The van der Waals surface area contributed by atoms with Gasteiger partial charge in [-0.25, -0.2) is 0 Å². The van der Waals surface area contributed by atoms with Crippen molar-refractivity contribution in [2.24, 2.45) is 13.0 Å². The number of rotatable bonds is 5. The van der Waals surface area contributed by atoms with Crippen molar-refractivity contribution in [3.8, 4) is 0 Å². The van der Waals surface area contributed by atoms with E-state index < -0.39 is 0 Å². The first kappa shape index (κ1) is 12.7. The van der Waals surface area contributed by atoms with Gasteiger partial charge < -0.3 is 5.32 Å². The van der Waals surface area contributed by atoms with Crippen molar-refractivity contribution >= 4 is 15.9 Å². The Bertz CT molecular complexity index is 320. The number of nitrogens with one attached hydrogen (secondary N) is 1. The van der Waals surface area contributed by atoms with Crippen molar-refractivity contribution < 1.29 is 0 Å². The molecule has 1 rings (SSSR count). The van der Waals surface area contributed by atoms with Gasteiger partial charge in [-0.2, -0.15) is 5.10 Å². The molecule has 1 aromatic heterocycles. The van der Waals surface area contributed by atoms with Crippen LogP contribution in [0.25, 0.3) is 0 Å². The average Bonchev–Trinajstić information content (AvgIpc) is 2.44. The van der Waals surface area contributed by atoms with Crippen LogP contribution in [-0.4, -0.2) is 16.3 Å². The highest BCUT2D eigenvalue weighted by Gasteiger charge is 2.09. The molecule has 4 heteroatoms. The molecule has 0 saturated heterocycles. The summed E-state index contributed by atoms with van der Waals surface area (Å²) in [7, 11) is 1.98. The molecule has 1 aromatic rings. The lowest BCUT2D eigenvalue weighted by Crippen LogP contribution is -2.21. The zero-order valence-corrected chi connectivity index (χ0v) is 11.6. The zero-order valence-electron chi connectivity index (χ0n) is 9.97. The van der Waals surface area contributed by atoms with Gasteiger partial charge >= 0.3 is 0 Å². The van der Waals surface area contributed by atoms with E-state index in [9.17, 15) is 0 Å². The first-order chi connectivity index (χ1) is 7.06. The van der Waals surface area contributed by atoms with Gasteiger partial charge in [0.1, 0.15) is 0 Å². The predicted molar refractivity (Wildman–Crippen MR) is 66.8 cm³/mol. The fourth-order valence-electron chi connectivity index (χ4n) is 1.45. The van der Waals surface area contributed by atoms with Gasteiger partial charge in [0, 0.05) is 13.6 Å². The van der Waals surface area contributed by atoms with Crippen LogP contribution in [0.4, 0.5) is 0 Å². The second-order valence-corrected chi connectivity index (χ2v) is 4.91. The Hall–Kier alpha value is -0.350. The maximum atomic E-state index is 4.36. The lowest BCUT2D eigenvalue weighted by Gasteiger charge is -2.10. The molecule has 0 fully saturated rings. The van der Waals surface area contributed by atoms with Crippen molar-refractivity contribution in [1.29, 1.82) is 0 Å². The molecule has 86 valence electrons. The van der Waals surface area contributed by atoms with Crippen LogP contribution in [-0.2, 0) is 13.6 Å². The molecule has 1 heterocycles. The first-order valence-corrected chi connectivity index (χ1v) is 6.24. The molecule has 0 bridgehead atoms. The van der Waals surface area contributed by atoms with E-state index in [4.69, 9.17) is 0 Å². The minimum atomic E-state index is 0.734. The summed E-state index contributed by atoms with van der Waals surface area (Å²) in [5.74, 6) is 0.734. The molecule has 0 amide bonds. The first-order valence-electron chi connectivity index (χ1n) is 5.45. The van der Waals surface area contributed by atoms with Crippen molar-refractivity contribution in [1.82, 2.24) is 15.1 Å². The van der Waals surface area contributed by atoms with Crippen LogP contribution >= 0.6 is 15.9 Å². The van der Waals surface area contributed by atoms with Gasteiger partial charge in [-0.1, -0.05) is 20.3 Å². The van der Waals surface area contributed by atoms with Crippen LogP contribution < -0.4 is 5.32 Å². The monoisotopic (exact) mass is 273 g/mol. The van der Waals surface area contributed by atoms with Gasteiger partial charge in [-0.05, 0) is 35.3 Å². The van der Waals surface area contributed by atoms with Crippen molar-refractivity contribution in [2.75, 3.05) is 6.54 Å². The molecule has 0 spiro atoms. The third kappa shape index (κ3) is 3.31. The molecule has 0 aliphatic heterocycles. The molecule has 0 aromatic carbocycles. The maximum absolute atomic E-state index is 4.36. The van der Waals surface area contributed by atoms with E-state index >= 15 is 0 Å². The molecule has 0 saturated carbocycles. The highest BCUT2D eigenvalue weighted by Crippen LogP contribution is 2.19. The molecule has 1 N–H and O–H groups in total. The Balaban J connectivity index is 2.50. The summed E-state index contributed by atoms with van der Waals surface area (Å²) < 4.78 is 3.06. The lowest BCUT2D eigenvalue weighted by molar-refractivity contribution is 0.491. The van der Waals surface area contributed by atoms with Crippen LogP contribution in [0.2, 0.25) is 0 Å². The molecule has 1 atom stereocenters. The lowest BCUT2D eigenvalue weighted by atomic mass is 10.1. The summed E-state index contributed by atoms with van der Waals surface area (Å²) in [5.41, 5.74) is 2.27. The van der Waals surface area contributed by atoms with Crippen LogP contribution in [0.5, 0.6) is 0 Å². The largest absolute Gasteiger partial charge is 0.311 e. The molecule has 0 radical (unpaired) electrons. The molecular formula is C11H20BrN3. The van der Waals surface area contributed by atoms with Gasteiger partial charge in [0.15, 0.2) is 0 Å². The highest BCUT2D eigenvalue weighted by atomic mass is 79.9. The standard InChI is InChI=1S/C11H20BrN3/c1-5-8(2)6-13-7-10-11(12)9(3)14-15(10)4/h8,13H,5-7H2,1-4H3. The minimum Gasteiger partial charge on any atom is -0.311 e. The Morgan fingerprint density at radius 1 is 1.53 bits per heavy atom. The normalized spacial score (nSPS) is 13.1. The molecule has 0 aliphatic rings. The summed E-state index contributed by atoms with van der Waals surface area (Å²) in [4.78, 5) is 0. The van der Waals surface area contributed by atoms with Gasteiger partial charge in [-0.15, -0.1) is 0 Å². The fraction of sp³-hybridized carbons (Fsp3) is 0.727. The van der Waals surface area contributed by atoms with Gasteiger partial charge in [-0.3, -0.25) is 4.68 Å². The summed E-state index contributed by atoms with van der Waals surface area (Å²) >= 11 is 3.56. The van der Waals surface area contributed by atoms with Crippen LogP contribution in [0.1, 0.15) is 31.7 Å². The summed E-state index contributed by atoms with van der Waals surface area (Å²) in [6.07, 6.45) is 1.22. The van der Waals surface area contributed by atoms with E-state index in [1.54, 1.807) is 0 Å². The highest BCUT2D eigenvalue weighted by molar-refractivity contribution is 9.10. The Morgan fingerprint density at radius 3 is 2.67 bits per heavy atom. The smallest absolute Gasteiger partial charge is 0.0739 e. The number of aryl methyl sites for hydroxylation is 2. The number of aromatic nitrogens is 2. The number of nitrogens with zero attached hydrogens (tertiary/aromatic N) is 2. The minimum absolute atomic E-state index is 0.734. The second kappa shape index (κ2) is 5.66. The Kier molecular flexibility index (Phi) is 4.80. The van der Waals surface area contributed by atoms with E-state index in [1.807, 2.05) is 18.7 Å². The van der Waals surface area contributed by atoms with Crippen LogP contribution in [0.3, 0.4) is 0 Å². The van der Waals surface area contributed by atoms with E-state index in [0.717, 1.165) is 29.2 Å². The van der Waals surface area contributed by atoms with E-state index in [2.05, 4.69) is 40.2 Å². The summed E-state index contributed by atoms with van der Waals surface area (Å²) in [6.45, 7) is 8.44. The zero-order chi connectivity index (χ0) is 11.4. The van der Waals surface area contributed by atoms with Crippen molar-refractivity contribution in [2.45, 2.75) is 33.7 Å². The average molecular weight is 274 g/mol. The van der Waals surface area contributed by atoms with Gasteiger partial charge in [0.2, 0.25) is 0 Å². The number of halogens is 1. The second-order valence-electron chi connectivity index (χ2n) is 4.11. The van der Waals surface area contributed by atoms with E-state index in [-0.39, 0.29) is 0 Å². The summed E-state index contributed by atoms with van der Waals surface area (Å²) in [6, 6.07) is 0.